The third-order valence-electron chi connectivity index (χ3n) is 14.1. The molecule has 0 saturated heterocycles. The molecule has 0 atom stereocenters. The van der Waals surface area contributed by atoms with Crippen molar-refractivity contribution in [2.24, 2.45) is 0 Å². The fourth-order valence-electron chi connectivity index (χ4n) is 10.1. The minimum atomic E-state index is 0.687. The molecule has 0 bridgehead atoms. The number of fused-ring (bicyclic) bond motifs is 4. The van der Waals surface area contributed by atoms with Crippen molar-refractivity contribution in [3.63, 3.8) is 0 Å². The summed E-state index contributed by atoms with van der Waals surface area (Å²) in [5, 5.41) is 9.39. The van der Waals surface area contributed by atoms with E-state index in [1.54, 1.807) is 0 Å². The SMILES string of the molecule is C(=Cc1nc(C=Cc2ccc(-c3cccc4ccccc34)nc2)c(C=Cc2ccc(-c3cccc4ccccc34)nc2)nc1C=Cc1ccc(-c2cccc3ccccc23)nc1)c1ccc(-c2cccc3ccccc23)nc1. The van der Waals surface area contributed by atoms with Crippen LogP contribution in [0.2, 0.25) is 0 Å². The highest BCUT2D eigenvalue weighted by Gasteiger charge is 2.12. The van der Waals surface area contributed by atoms with Gasteiger partial charge in [0, 0.05) is 47.0 Å². The van der Waals surface area contributed by atoms with Crippen LogP contribution in [0.25, 0.3) is 137 Å². The third-order valence-corrected chi connectivity index (χ3v) is 14.1. The Labute approximate surface area is 452 Å². The predicted octanol–water partition coefficient (Wildman–Crippen LogP) is 18.0. The van der Waals surface area contributed by atoms with Crippen LogP contribution in [-0.2, 0) is 0 Å². The van der Waals surface area contributed by atoms with Gasteiger partial charge < -0.3 is 0 Å². The molecule has 5 heterocycles. The van der Waals surface area contributed by atoms with Gasteiger partial charge in [0.05, 0.1) is 45.6 Å². The maximum atomic E-state index is 5.38. The molecule has 0 fully saturated rings. The van der Waals surface area contributed by atoms with Gasteiger partial charge in [-0.2, -0.15) is 0 Å². The minimum absolute atomic E-state index is 0.687. The normalized spacial score (nSPS) is 11.9. The summed E-state index contributed by atoms with van der Waals surface area (Å²) in [6, 6.07) is 75.7. The largest absolute Gasteiger partial charge is 0.256 e. The van der Waals surface area contributed by atoms with Crippen LogP contribution >= 0.6 is 0 Å². The Morgan fingerprint density at radius 2 is 0.436 bits per heavy atom. The molecule has 5 aromatic heterocycles. The molecule has 0 aliphatic rings. The van der Waals surface area contributed by atoms with E-state index in [2.05, 4.69) is 218 Å². The van der Waals surface area contributed by atoms with Crippen LogP contribution in [0.3, 0.4) is 0 Å². The highest BCUT2D eigenvalue weighted by molar-refractivity contribution is 5.99. The molecule has 78 heavy (non-hydrogen) atoms. The number of pyridine rings is 4. The second kappa shape index (κ2) is 21.4. The smallest absolute Gasteiger partial charge is 0.0894 e. The van der Waals surface area contributed by atoms with Crippen molar-refractivity contribution in [1.29, 1.82) is 0 Å². The molecule has 0 amide bonds. The zero-order valence-corrected chi connectivity index (χ0v) is 42.4. The first kappa shape index (κ1) is 47.2. The van der Waals surface area contributed by atoms with Crippen LogP contribution in [0.5, 0.6) is 0 Å². The van der Waals surface area contributed by atoms with Crippen molar-refractivity contribution >= 4 is 91.7 Å². The van der Waals surface area contributed by atoms with Gasteiger partial charge in [-0.05, 0) is 114 Å². The van der Waals surface area contributed by atoms with Crippen LogP contribution in [0.1, 0.15) is 45.0 Å². The Morgan fingerprint density at radius 3 is 0.667 bits per heavy atom. The van der Waals surface area contributed by atoms with E-state index in [4.69, 9.17) is 29.9 Å². The quantitative estimate of drug-likeness (QED) is 0.121. The van der Waals surface area contributed by atoms with Gasteiger partial charge >= 0.3 is 0 Å². The number of aromatic nitrogens is 6. The average Bonchev–Trinajstić information content (AvgIpc) is 3.52. The topological polar surface area (TPSA) is 77.3 Å². The van der Waals surface area contributed by atoms with Crippen LogP contribution in [0.4, 0.5) is 0 Å². The molecule has 13 rings (SSSR count). The fourth-order valence-corrected chi connectivity index (χ4v) is 10.1. The number of nitrogens with zero attached hydrogens (tertiary/aromatic N) is 6. The Hall–Kier alpha value is -10.6. The first-order valence-electron chi connectivity index (χ1n) is 26.0. The molecular formula is C72H48N6. The van der Waals surface area contributed by atoms with Crippen molar-refractivity contribution < 1.29 is 0 Å². The van der Waals surface area contributed by atoms with Gasteiger partial charge in [0.1, 0.15) is 0 Å². The lowest BCUT2D eigenvalue weighted by Crippen LogP contribution is -2.00. The molecule has 0 aliphatic carbocycles. The number of rotatable bonds is 12. The van der Waals surface area contributed by atoms with Gasteiger partial charge in [-0.15, -0.1) is 0 Å². The van der Waals surface area contributed by atoms with Crippen LogP contribution in [0.15, 0.2) is 243 Å². The maximum absolute atomic E-state index is 5.38. The molecule has 6 nitrogen and oxygen atoms in total. The summed E-state index contributed by atoms with van der Waals surface area (Å²) in [6.45, 7) is 0. The zero-order valence-electron chi connectivity index (χ0n) is 42.4. The number of benzene rings is 8. The second-order valence-corrected chi connectivity index (χ2v) is 19.1. The summed E-state index contributed by atoms with van der Waals surface area (Å²) < 4.78 is 0. The molecular weight excluding hydrogens is 949 g/mol. The summed E-state index contributed by atoms with van der Waals surface area (Å²) >= 11 is 0. The maximum Gasteiger partial charge on any atom is 0.0894 e. The van der Waals surface area contributed by atoms with Gasteiger partial charge in [-0.3, -0.25) is 19.9 Å². The van der Waals surface area contributed by atoms with Crippen molar-refractivity contribution in [3.8, 4) is 45.0 Å². The summed E-state index contributed by atoms with van der Waals surface area (Å²) in [5.74, 6) is 0. The first-order chi connectivity index (χ1) is 38.6. The monoisotopic (exact) mass is 996 g/mol. The molecule has 13 aromatic rings. The Balaban J connectivity index is 0.880. The van der Waals surface area contributed by atoms with E-state index < -0.39 is 0 Å². The Morgan fingerprint density at radius 1 is 0.205 bits per heavy atom. The van der Waals surface area contributed by atoms with Gasteiger partial charge in [-0.25, -0.2) is 9.97 Å². The van der Waals surface area contributed by atoms with Crippen LogP contribution in [0, 0.1) is 0 Å². The van der Waals surface area contributed by atoms with Crippen LogP contribution < -0.4 is 0 Å². The van der Waals surface area contributed by atoms with E-state index in [1.165, 1.54) is 43.1 Å². The highest BCUT2D eigenvalue weighted by atomic mass is 14.8. The molecule has 366 valence electrons. The lowest BCUT2D eigenvalue weighted by molar-refractivity contribution is 1.12. The molecule has 0 saturated carbocycles. The van der Waals surface area contributed by atoms with E-state index in [0.717, 1.165) is 67.3 Å². The standard InChI is InChI=1S/C72H48N6/c1-5-21-57-53(13-1)17-9-25-61(57)65-37-29-49(45-73-65)33-41-69-70(42-34-50-30-38-66(74-46-50)62-26-10-18-54-14-2-6-22-58(54)62)78-72(44-36-52-32-40-68(76-48-52)64-28-12-20-56-16-4-8-24-60(56)64)71(77-69)43-35-51-31-39-67(75-47-51)63-27-11-19-55-15-3-7-23-59(55)63/h1-48H. The summed E-state index contributed by atoms with van der Waals surface area (Å²) in [4.78, 5) is 30.5. The van der Waals surface area contributed by atoms with Crippen molar-refractivity contribution in [3.05, 3.63) is 288 Å². The summed E-state index contributed by atoms with van der Waals surface area (Å²) in [7, 11) is 0. The lowest BCUT2D eigenvalue weighted by atomic mass is 10.0. The predicted molar refractivity (Wildman–Crippen MR) is 326 cm³/mol. The van der Waals surface area contributed by atoms with Gasteiger partial charge in [-0.1, -0.05) is 218 Å². The molecule has 0 radical (unpaired) electrons. The van der Waals surface area contributed by atoms with Gasteiger partial charge in [0.15, 0.2) is 0 Å². The molecule has 6 heteroatoms. The van der Waals surface area contributed by atoms with Crippen molar-refractivity contribution in [1.82, 2.24) is 29.9 Å². The van der Waals surface area contributed by atoms with E-state index >= 15 is 0 Å². The summed E-state index contributed by atoms with van der Waals surface area (Å²) in [5.41, 5.74) is 14.5. The van der Waals surface area contributed by atoms with Gasteiger partial charge in [0.25, 0.3) is 0 Å². The van der Waals surface area contributed by atoms with Crippen molar-refractivity contribution in [2.75, 3.05) is 0 Å². The Bertz CT molecular complexity index is 3870. The minimum Gasteiger partial charge on any atom is -0.256 e. The molecule has 0 spiro atoms. The lowest BCUT2D eigenvalue weighted by Gasteiger charge is -2.09. The molecule has 0 aliphatic heterocycles. The summed E-state index contributed by atoms with van der Waals surface area (Å²) in [6.07, 6.45) is 23.9. The van der Waals surface area contributed by atoms with E-state index in [0.29, 0.717) is 22.8 Å². The zero-order chi connectivity index (χ0) is 52.0. The number of hydrogen-bond donors (Lipinski definition) is 0. The van der Waals surface area contributed by atoms with E-state index in [9.17, 15) is 0 Å². The highest BCUT2D eigenvalue weighted by Crippen LogP contribution is 2.32. The Kier molecular flexibility index (Phi) is 12.9. The molecule has 8 aromatic carbocycles. The van der Waals surface area contributed by atoms with Crippen molar-refractivity contribution in [2.45, 2.75) is 0 Å². The fraction of sp³-hybridized carbons (Fsp3) is 0. The number of hydrogen-bond acceptors (Lipinski definition) is 6. The molecule has 0 N–H and O–H groups in total. The average molecular weight is 997 g/mol. The molecule has 0 unspecified atom stereocenters. The first-order valence-corrected chi connectivity index (χ1v) is 26.0. The van der Waals surface area contributed by atoms with Crippen LogP contribution in [-0.4, -0.2) is 29.9 Å². The third kappa shape index (κ3) is 9.93. The van der Waals surface area contributed by atoms with Gasteiger partial charge in [0.2, 0.25) is 0 Å². The van der Waals surface area contributed by atoms with E-state index in [1.807, 2.05) is 73.4 Å². The van der Waals surface area contributed by atoms with E-state index in [-0.39, 0.29) is 0 Å². The second-order valence-electron chi connectivity index (χ2n) is 19.1.